The Morgan fingerprint density at radius 2 is 1.96 bits per heavy atom. The number of carbonyl (C=O) groups excluding carboxylic acids is 1. The van der Waals surface area contributed by atoms with Crippen LogP contribution >= 0.6 is 0 Å². The Labute approximate surface area is 145 Å². The molecule has 0 spiro atoms. The van der Waals surface area contributed by atoms with Crippen molar-refractivity contribution < 1.29 is 4.79 Å². The number of rotatable bonds is 7. The van der Waals surface area contributed by atoms with Crippen molar-refractivity contribution in [1.29, 1.82) is 0 Å². The fourth-order valence-corrected chi connectivity index (χ4v) is 3.55. The summed E-state index contributed by atoms with van der Waals surface area (Å²) in [6.45, 7) is 10.8. The largest absolute Gasteiger partial charge is 0.346 e. The minimum Gasteiger partial charge on any atom is -0.346 e. The van der Waals surface area contributed by atoms with Gasteiger partial charge >= 0.3 is 0 Å². The SMILES string of the molecule is CCC(CC)CN1CCc2nnc(C(C)NC(=O)C3CC3)n2CC1. The molecule has 1 aromatic heterocycles. The van der Waals surface area contributed by atoms with E-state index in [9.17, 15) is 4.79 Å². The van der Waals surface area contributed by atoms with Crippen LogP contribution in [0.3, 0.4) is 0 Å². The van der Waals surface area contributed by atoms with Crippen molar-refractivity contribution in [3.8, 4) is 0 Å². The summed E-state index contributed by atoms with van der Waals surface area (Å²) in [5.74, 6) is 3.15. The number of nitrogens with one attached hydrogen (secondary N) is 1. The standard InChI is InChI=1S/C18H31N5O/c1-4-14(5-2)12-22-9-8-16-20-21-17(23(16)11-10-22)13(3)19-18(24)15-6-7-15/h13-15H,4-12H2,1-3H3,(H,19,24). The van der Waals surface area contributed by atoms with Crippen molar-refractivity contribution >= 4 is 5.91 Å². The van der Waals surface area contributed by atoms with Gasteiger partial charge in [0.25, 0.3) is 0 Å². The van der Waals surface area contributed by atoms with Crippen molar-refractivity contribution in [2.75, 3.05) is 19.6 Å². The van der Waals surface area contributed by atoms with E-state index in [1.165, 1.54) is 19.4 Å². The van der Waals surface area contributed by atoms with Gasteiger partial charge in [-0.05, 0) is 25.7 Å². The van der Waals surface area contributed by atoms with Crippen LogP contribution in [0.5, 0.6) is 0 Å². The van der Waals surface area contributed by atoms with Crippen LogP contribution in [0.25, 0.3) is 0 Å². The minimum absolute atomic E-state index is 0.0649. The third-order valence-corrected chi connectivity index (χ3v) is 5.51. The molecule has 0 radical (unpaired) electrons. The predicted octanol–water partition coefficient (Wildman–Crippen LogP) is 2.16. The highest BCUT2D eigenvalue weighted by Crippen LogP contribution is 2.29. The number of hydrogen-bond acceptors (Lipinski definition) is 4. The monoisotopic (exact) mass is 333 g/mol. The van der Waals surface area contributed by atoms with E-state index in [-0.39, 0.29) is 17.9 Å². The molecule has 6 heteroatoms. The third kappa shape index (κ3) is 3.97. The second-order valence-electron chi connectivity index (χ2n) is 7.36. The third-order valence-electron chi connectivity index (χ3n) is 5.51. The highest BCUT2D eigenvalue weighted by molar-refractivity contribution is 5.81. The van der Waals surface area contributed by atoms with Gasteiger partial charge in [0, 0.05) is 38.5 Å². The van der Waals surface area contributed by atoms with Crippen molar-refractivity contribution in [2.45, 2.75) is 65.5 Å². The number of fused-ring (bicyclic) bond motifs is 1. The zero-order chi connectivity index (χ0) is 17.1. The summed E-state index contributed by atoms with van der Waals surface area (Å²) in [4.78, 5) is 14.6. The first kappa shape index (κ1) is 17.4. The Morgan fingerprint density at radius 3 is 2.62 bits per heavy atom. The van der Waals surface area contributed by atoms with E-state index in [2.05, 4.69) is 38.8 Å². The lowest BCUT2D eigenvalue weighted by molar-refractivity contribution is -0.123. The fourth-order valence-electron chi connectivity index (χ4n) is 3.55. The van der Waals surface area contributed by atoms with Gasteiger partial charge in [0.2, 0.25) is 5.91 Å². The summed E-state index contributed by atoms with van der Waals surface area (Å²) in [7, 11) is 0. The van der Waals surface area contributed by atoms with E-state index in [4.69, 9.17) is 0 Å². The molecule has 1 atom stereocenters. The van der Waals surface area contributed by atoms with Gasteiger partial charge in [-0.3, -0.25) is 4.79 Å². The molecule has 1 fully saturated rings. The second-order valence-corrected chi connectivity index (χ2v) is 7.36. The summed E-state index contributed by atoms with van der Waals surface area (Å²) < 4.78 is 2.23. The molecule has 1 aromatic rings. The van der Waals surface area contributed by atoms with Crippen molar-refractivity contribution in [3.05, 3.63) is 11.6 Å². The van der Waals surface area contributed by atoms with E-state index in [0.29, 0.717) is 0 Å². The number of aromatic nitrogens is 3. The Balaban J connectivity index is 1.62. The van der Waals surface area contributed by atoms with E-state index in [1.54, 1.807) is 0 Å². The molecular weight excluding hydrogens is 302 g/mol. The van der Waals surface area contributed by atoms with E-state index >= 15 is 0 Å². The van der Waals surface area contributed by atoms with Gasteiger partial charge in [-0.25, -0.2) is 0 Å². The molecule has 1 unspecified atom stereocenters. The zero-order valence-electron chi connectivity index (χ0n) is 15.3. The molecular formula is C18H31N5O. The van der Waals surface area contributed by atoms with Gasteiger partial charge in [-0.2, -0.15) is 0 Å². The predicted molar refractivity (Wildman–Crippen MR) is 93.5 cm³/mol. The van der Waals surface area contributed by atoms with E-state index in [1.807, 2.05) is 6.92 Å². The zero-order valence-corrected chi connectivity index (χ0v) is 15.3. The van der Waals surface area contributed by atoms with Crippen LogP contribution in [0.15, 0.2) is 0 Å². The normalized spacial score (nSPS) is 19.8. The van der Waals surface area contributed by atoms with Crippen LogP contribution in [0.1, 0.15) is 64.1 Å². The minimum atomic E-state index is -0.0649. The molecule has 2 aliphatic rings. The maximum absolute atomic E-state index is 12.0. The first-order valence-electron chi connectivity index (χ1n) is 9.57. The number of hydrogen-bond donors (Lipinski definition) is 1. The Morgan fingerprint density at radius 1 is 1.21 bits per heavy atom. The van der Waals surface area contributed by atoms with Gasteiger partial charge in [-0.15, -0.1) is 10.2 Å². The van der Waals surface area contributed by atoms with Crippen LogP contribution in [-0.4, -0.2) is 45.2 Å². The van der Waals surface area contributed by atoms with Crippen LogP contribution in [0.2, 0.25) is 0 Å². The lowest BCUT2D eigenvalue weighted by atomic mass is 10.0. The maximum Gasteiger partial charge on any atom is 0.223 e. The van der Waals surface area contributed by atoms with Crippen molar-refractivity contribution in [1.82, 2.24) is 25.0 Å². The summed E-state index contributed by atoms with van der Waals surface area (Å²) in [5, 5.41) is 11.9. The molecule has 6 nitrogen and oxygen atoms in total. The Kier molecular flexibility index (Phi) is 5.54. The lowest BCUT2D eigenvalue weighted by Gasteiger charge is -2.24. The number of amides is 1. The quantitative estimate of drug-likeness (QED) is 0.830. The number of nitrogens with zero attached hydrogens (tertiary/aromatic N) is 4. The molecule has 24 heavy (non-hydrogen) atoms. The van der Waals surface area contributed by atoms with Crippen LogP contribution in [-0.2, 0) is 17.8 Å². The van der Waals surface area contributed by atoms with Crippen LogP contribution in [0.4, 0.5) is 0 Å². The maximum atomic E-state index is 12.0. The molecule has 1 N–H and O–H groups in total. The molecule has 2 heterocycles. The first-order chi connectivity index (χ1) is 11.6. The average Bonchev–Trinajstić information content (AvgIpc) is 3.38. The molecule has 1 amide bonds. The summed E-state index contributed by atoms with van der Waals surface area (Å²) >= 11 is 0. The molecule has 3 rings (SSSR count). The van der Waals surface area contributed by atoms with E-state index < -0.39 is 0 Å². The van der Waals surface area contributed by atoms with E-state index in [0.717, 1.165) is 56.5 Å². The van der Waals surface area contributed by atoms with Gasteiger partial charge in [0.15, 0.2) is 5.82 Å². The molecule has 1 aliphatic carbocycles. The topological polar surface area (TPSA) is 63.1 Å². The molecule has 0 saturated heterocycles. The molecule has 134 valence electrons. The first-order valence-corrected chi connectivity index (χ1v) is 9.57. The fraction of sp³-hybridized carbons (Fsp3) is 0.833. The average molecular weight is 333 g/mol. The Hall–Kier alpha value is -1.43. The summed E-state index contributed by atoms with van der Waals surface area (Å²) in [5.41, 5.74) is 0. The molecule has 0 bridgehead atoms. The van der Waals surface area contributed by atoms with Gasteiger partial charge in [0.1, 0.15) is 5.82 Å². The summed E-state index contributed by atoms with van der Waals surface area (Å²) in [6, 6.07) is -0.0649. The Bertz CT molecular complexity index is 562. The smallest absolute Gasteiger partial charge is 0.223 e. The van der Waals surface area contributed by atoms with Crippen molar-refractivity contribution in [2.24, 2.45) is 11.8 Å². The highest BCUT2D eigenvalue weighted by atomic mass is 16.2. The highest BCUT2D eigenvalue weighted by Gasteiger charge is 2.31. The number of carbonyl (C=O) groups is 1. The van der Waals surface area contributed by atoms with Crippen LogP contribution in [0, 0.1) is 11.8 Å². The van der Waals surface area contributed by atoms with Gasteiger partial charge < -0.3 is 14.8 Å². The lowest BCUT2D eigenvalue weighted by Crippen LogP contribution is -2.33. The summed E-state index contributed by atoms with van der Waals surface area (Å²) in [6.07, 6.45) is 5.49. The second kappa shape index (κ2) is 7.64. The van der Waals surface area contributed by atoms with Gasteiger partial charge in [-0.1, -0.05) is 26.7 Å². The molecule has 0 aromatic carbocycles. The van der Waals surface area contributed by atoms with Crippen molar-refractivity contribution in [3.63, 3.8) is 0 Å². The van der Waals surface area contributed by atoms with Crippen LogP contribution < -0.4 is 5.32 Å². The van der Waals surface area contributed by atoms with Gasteiger partial charge in [0.05, 0.1) is 6.04 Å². The molecule has 1 aliphatic heterocycles. The molecule has 1 saturated carbocycles.